The average molecular weight is 303 g/mol. The average Bonchev–Trinajstić information content (AvgIpc) is 2.45. The SMILES string of the molecule is CC(C)N(Cc1ccccc1)C(=O)c1c(N)cccc1Cl. The minimum Gasteiger partial charge on any atom is -0.398 e. The summed E-state index contributed by atoms with van der Waals surface area (Å²) in [6.45, 7) is 4.49. The molecule has 0 aliphatic carbocycles. The van der Waals surface area contributed by atoms with E-state index in [4.69, 9.17) is 17.3 Å². The van der Waals surface area contributed by atoms with Crippen LogP contribution in [0.1, 0.15) is 29.8 Å². The molecule has 0 aliphatic rings. The maximum atomic E-state index is 12.8. The minimum absolute atomic E-state index is 0.0494. The van der Waals surface area contributed by atoms with Gasteiger partial charge in [-0.2, -0.15) is 0 Å². The summed E-state index contributed by atoms with van der Waals surface area (Å²) in [4.78, 5) is 14.6. The minimum atomic E-state index is -0.142. The molecule has 110 valence electrons. The lowest BCUT2D eigenvalue weighted by atomic mass is 10.1. The van der Waals surface area contributed by atoms with Gasteiger partial charge in [-0.15, -0.1) is 0 Å². The second-order valence-corrected chi connectivity index (χ2v) is 5.62. The Labute approximate surface area is 130 Å². The van der Waals surface area contributed by atoms with Crippen LogP contribution in [-0.4, -0.2) is 16.8 Å². The highest BCUT2D eigenvalue weighted by Crippen LogP contribution is 2.25. The van der Waals surface area contributed by atoms with Crippen molar-refractivity contribution in [3.63, 3.8) is 0 Å². The fourth-order valence-electron chi connectivity index (χ4n) is 2.18. The van der Waals surface area contributed by atoms with Gasteiger partial charge in [0.05, 0.1) is 10.6 Å². The van der Waals surface area contributed by atoms with Crippen LogP contribution in [0.25, 0.3) is 0 Å². The Hall–Kier alpha value is -2.00. The van der Waals surface area contributed by atoms with Crippen LogP contribution >= 0.6 is 11.6 Å². The molecule has 0 atom stereocenters. The molecule has 0 radical (unpaired) electrons. The Morgan fingerprint density at radius 2 is 1.81 bits per heavy atom. The van der Waals surface area contributed by atoms with Crippen LogP contribution in [0.3, 0.4) is 0 Å². The van der Waals surface area contributed by atoms with Crippen molar-refractivity contribution in [1.29, 1.82) is 0 Å². The molecule has 0 aromatic heterocycles. The second-order valence-electron chi connectivity index (χ2n) is 5.22. The zero-order valence-electron chi connectivity index (χ0n) is 12.2. The van der Waals surface area contributed by atoms with Gasteiger partial charge in [0, 0.05) is 18.3 Å². The van der Waals surface area contributed by atoms with E-state index >= 15 is 0 Å². The van der Waals surface area contributed by atoms with Gasteiger partial charge in [-0.25, -0.2) is 0 Å². The number of carbonyl (C=O) groups is 1. The van der Waals surface area contributed by atoms with Gasteiger partial charge in [0.1, 0.15) is 0 Å². The molecule has 0 heterocycles. The molecule has 0 fully saturated rings. The number of hydrogen-bond donors (Lipinski definition) is 1. The van der Waals surface area contributed by atoms with Crippen LogP contribution in [0.4, 0.5) is 5.69 Å². The summed E-state index contributed by atoms with van der Waals surface area (Å²) in [6.07, 6.45) is 0. The van der Waals surface area contributed by atoms with Gasteiger partial charge in [0.2, 0.25) is 0 Å². The Morgan fingerprint density at radius 3 is 2.38 bits per heavy atom. The van der Waals surface area contributed by atoms with E-state index in [1.165, 1.54) is 0 Å². The number of carbonyl (C=O) groups excluding carboxylic acids is 1. The summed E-state index contributed by atoms with van der Waals surface area (Å²) < 4.78 is 0. The molecule has 0 spiro atoms. The maximum Gasteiger partial charge on any atom is 0.257 e. The number of amides is 1. The summed E-state index contributed by atoms with van der Waals surface area (Å²) in [5.41, 5.74) is 7.78. The quantitative estimate of drug-likeness (QED) is 0.869. The number of hydrogen-bond acceptors (Lipinski definition) is 2. The van der Waals surface area contributed by atoms with Crippen molar-refractivity contribution >= 4 is 23.2 Å². The first-order valence-corrected chi connectivity index (χ1v) is 7.27. The predicted octanol–water partition coefficient (Wildman–Crippen LogP) is 3.97. The van der Waals surface area contributed by atoms with Crippen molar-refractivity contribution in [2.45, 2.75) is 26.4 Å². The summed E-state index contributed by atoms with van der Waals surface area (Å²) in [6, 6.07) is 15.0. The predicted molar refractivity (Wildman–Crippen MR) is 87.3 cm³/mol. The highest BCUT2D eigenvalue weighted by Gasteiger charge is 2.23. The largest absolute Gasteiger partial charge is 0.398 e. The zero-order chi connectivity index (χ0) is 15.4. The standard InChI is InChI=1S/C17H19ClN2O/c1-12(2)20(11-13-7-4-3-5-8-13)17(21)16-14(18)9-6-10-15(16)19/h3-10,12H,11,19H2,1-2H3. The van der Waals surface area contributed by atoms with Crippen molar-refractivity contribution < 1.29 is 4.79 Å². The molecule has 0 saturated heterocycles. The van der Waals surface area contributed by atoms with E-state index in [0.717, 1.165) is 5.56 Å². The van der Waals surface area contributed by atoms with Crippen LogP contribution in [-0.2, 0) is 6.54 Å². The Morgan fingerprint density at radius 1 is 1.14 bits per heavy atom. The normalized spacial score (nSPS) is 10.7. The van der Waals surface area contributed by atoms with E-state index in [1.807, 2.05) is 44.2 Å². The molecule has 0 bridgehead atoms. The fraction of sp³-hybridized carbons (Fsp3) is 0.235. The van der Waals surface area contributed by atoms with Gasteiger partial charge in [-0.1, -0.05) is 48.0 Å². The Kier molecular flexibility index (Phi) is 4.86. The molecule has 2 rings (SSSR count). The third-order valence-electron chi connectivity index (χ3n) is 3.34. The number of anilines is 1. The highest BCUT2D eigenvalue weighted by atomic mass is 35.5. The summed E-state index contributed by atoms with van der Waals surface area (Å²) in [5, 5.41) is 0.388. The molecule has 21 heavy (non-hydrogen) atoms. The molecule has 2 N–H and O–H groups in total. The lowest BCUT2D eigenvalue weighted by molar-refractivity contribution is 0.0691. The van der Waals surface area contributed by atoms with Gasteiger partial charge in [-0.3, -0.25) is 4.79 Å². The van der Waals surface area contributed by atoms with Gasteiger partial charge < -0.3 is 10.6 Å². The molecule has 0 unspecified atom stereocenters. The number of halogens is 1. The summed E-state index contributed by atoms with van der Waals surface area (Å²) in [5.74, 6) is -0.142. The smallest absolute Gasteiger partial charge is 0.257 e. The van der Waals surface area contributed by atoms with E-state index < -0.39 is 0 Å². The maximum absolute atomic E-state index is 12.8. The number of rotatable bonds is 4. The molecule has 4 heteroatoms. The van der Waals surface area contributed by atoms with Gasteiger partial charge in [-0.05, 0) is 31.5 Å². The molecule has 0 aliphatic heterocycles. The van der Waals surface area contributed by atoms with E-state index in [-0.39, 0.29) is 11.9 Å². The third kappa shape index (κ3) is 3.56. The number of nitrogens with two attached hydrogens (primary N) is 1. The first kappa shape index (κ1) is 15.4. The third-order valence-corrected chi connectivity index (χ3v) is 3.65. The molecular formula is C17H19ClN2O. The number of nitrogens with zero attached hydrogens (tertiary/aromatic N) is 1. The number of benzene rings is 2. The molecule has 3 nitrogen and oxygen atoms in total. The van der Waals surface area contributed by atoms with Crippen molar-refractivity contribution in [2.24, 2.45) is 0 Å². The topological polar surface area (TPSA) is 46.3 Å². The van der Waals surface area contributed by atoms with E-state index in [9.17, 15) is 4.79 Å². The highest BCUT2D eigenvalue weighted by molar-refractivity contribution is 6.34. The molecule has 1 amide bonds. The molecule has 2 aromatic carbocycles. The van der Waals surface area contributed by atoms with Crippen LogP contribution in [0.2, 0.25) is 5.02 Å². The fourth-order valence-corrected chi connectivity index (χ4v) is 2.44. The van der Waals surface area contributed by atoms with Crippen LogP contribution in [0.15, 0.2) is 48.5 Å². The summed E-state index contributed by atoms with van der Waals surface area (Å²) >= 11 is 6.15. The lowest BCUT2D eigenvalue weighted by Crippen LogP contribution is -2.37. The van der Waals surface area contributed by atoms with E-state index in [1.54, 1.807) is 23.1 Å². The Balaban J connectivity index is 2.32. The van der Waals surface area contributed by atoms with Crippen LogP contribution in [0, 0.1) is 0 Å². The van der Waals surface area contributed by atoms with Crippen molar-refractivity contribution in [3.8, 4) is 0 Å². The lowest BCUT2D eigenvalue weighted by Gasteiger charge is -2.28. The monoisotopic (exact) mass is 302 g/mol. The molecular weight excluding hydrogens is 284 g/mol. The van der Waals surface area contributed by atoms with Crippen LogP contribution < -0.4 is 5.73 Å². The van der Waals surface area contributed by atoms with Crippen molar-refractivity contribution in [3.05, 3.63) is 64.7 Å². The first-order valence-electron chi connectivity index (χ1n) is 6.89. The van der Waals surface area contributed by atoms with Gasteiger partial charge >= 0.3 is 0 Å². The van der Waals surface area contributed by atoms with Gasteiger partial charge in [0.15, 0.2) is 0 Å². The first-order chi connectivity index (χ1) is 10.0. The van der Waals surface area contributed by atoms with E-state index in [2.05, 4.69) is 0 Å². The van der Waals surface area contributed by atoms with Crippen molar-refractivity contribution in [1.82, 2.24) is 4.90 Å². The second kappa shape index (κ2) is 6.64. The zero-order valence-corrected chi connectivity index (χ0v) is 13.0. The molecule has 0 saturated carbocycles. The van der Waals surface area contributed by atoms with E-state index in [0.29, 0.717) is 22.8 Å². The van der Waals surface area contributed by atoms with Crippen LogP contribution in [0.5, 0.6) is 0 Å². The molecule has 2 aromatic rings. The van der Waals surface area contributed by atoms with Crippen molar-refractivity contribution in [2.75, 3.05) is 5.73 Å². The Bertz CT molecular complexity index is 606. The number of nitrogen functional groups attached to an aromatic ring is 1. The van der Waals surface area contributed by atoms with Gasteiger partial charge in [0.25, 0.3) is 5.91 Å². The summed E-state index contributed by atoms with van der Waals surface area (Å²) in [7, 11) is 0.